The van der Waals surface area contributed by atoms with Crippen molar-refractivity contribution in [2.75, 3.05) is 0 Å². The molecule has 1 unspecified atom stereocenters. The fourth-order valence-corrected chi connectivity index (χ4v) is 1.47. The molecule has 0 saturated heterocycles. The van der Waals surface area contributed by atoms with E-state index in [1.165, 1.54) is 31.2 Å². The van der Waals surface area contributed by atoms with E-state index in [1.807, 2.05) is 0 Å². The van der Waals surface area contributed by atoms with Gasteiger partial charge in [-0.25, -0.2) is 9.18 Å². The third kappa shape index (κ3) is 2.30. The van der Waals surface area contributed by atoms with Crippen LogP contribution in [-0.2, 0) is 10.3 Å². The molecule has 0 amide bonds. The van der Waals surface area contributed by atoms with E-state index >= 15 is 0 Å². The molecule has 0 bridgehead atoms. The Labute approximate surface area is 94.4 Å². The van der Waals surface area contributed by atoms with Gasteiger partial charge in [-0.15, -0.1) is 0 Å². The van der Waals surface area contributed by atoms with E-state index in [0.29, 0.717) is 4.47 Å². The summed E-state index contributed by atoms with van der Waals surface area (Å²) in [6, 6.07) is 5.89. The van der Waals surface area contributed by atoms with E-state index in [4.69, 9.17) is 5.26 Å². The van der Waals surface area contributed by atoms with E-state index in [2.05, 4.69) is 20.9 Å². The van der Waals surface area contributed by atoms with Crippen LogP contribution in [0.25, 0.3) is 0 Å². The first kappa shape index (κ1) is 11.6. The highest BCUT2D eigenvalue weighted by Crippen LogP contribution is 2.29. The van der Waals surface area contributed by atoms with Gasteiger partial charge in [0.2, 0.25) is 6.08 Å². The zero-order valence-electron chi connectivity index (χ0n) is 7.79. The average molecular weight is 269 g/mol. The molecule has 0 fully saturated rings. The van der Waals surface area contributed by atoms with Gasteiger partial charge in [0, 0.05) is 10.0 Å². The van der Waals surface area contributed by atoms with Gasteiger partial charge < -0.3 is 0 Å². The summed E-state index contributed by atoms with van der Waals surface area (Å²) in [4.78, 5) is 13.5. The number of hydrogen-bond acceptors (Lipinski definition) is 3. The Morgan fingerprint density at radius 1 is 1.60 bits per heavy atom. The van der Waals surface area contributed by atoms with Crippen LogP contribution >= 0.6 is 15.9 Å². The maximum absolute atomic E-state index is 13.4. The Hall–Kier alpha value is -1.50. The summed E-state index contributed by atoms with van der Waals surface area (Å²) in [6.07, 6.45) is 1.27. The molecule has 0 aliphatic heterocycles. The van der Waals surface area contributed by atoms with Crippen LogP contribution in [0.2, 0.25) is 0 Å². The number of halogens is 2. The number of isocyanates is 1. The molecule has 0 heterocycles. The van der Waals surface area contributed by atoms with E-state index in [1.54, 1.807) is 6.07 Å². The summed E-state index contributed by atoms with van der Waals surface area (Å²) in [7, 11) is 0. The molecule has 1 atom stereocenters. The lowest BCUT2D eigenvalue weighted by Crippen LogP contribution is -2.18. The minimum atomic E-state index is -1.53. The Morgan fingerprint density at radius 2 is 2.27 bits per heavy atom. The molecule has 0 N–H and O–H groups in total. The molecule has 1 rings (SSSR count). The van der Waals surface area contributed by atoms with Crippen molar-refractivity contribution >= 4 is 22.0 Å². The monoisotopic (exact) mass is 268 g/mol. The summed E-state index contributed by atoms with van der Waals surface area (Å²) in [5.41, 5.74) is -1.49. The van der Waals surface area contributed by atoms with Crippen LogP contribution in [0.3, 0.4) is 0 Å². The average Bonchev–Trinajstić information content (AvgIpc) is 2.22. The summed E-state index contributed by atoms with van der Waals surface area (Å²) in [6.45, 7) is 1.35. The van der Waals surface area contributed by atoms with Crippen molar-refractivity contribution in [1.29, 1.82) is 5.26 Å². The Kier molecular flexibility index (Phi) is 3.35. The summed E-state index contributed by atoms with van der Waals surface area (Å²) in [5, 5.41) is 8.88. The standard InChI is InChI=1S/C10H6BrFN2O/c1-10(5-13,14-6-15)8-4-7(11)2-3-9(8)12/h2-4H,1H3. The van der Waals surface area contributed by atoms with Gasteiger partial charge >= 0.3 is 0 Å². The first-order valence-electron chi connectivity index (χ1n) is 3.99. The predicted octanol–water partition coefficient (Wildman–Crippen LogP) is 2.66. The molecule has 0 spiro atoms. The normalized spacial score (nSPS) is 13.5. The molecule has 0 aromatic heterocycles. The summed E-state index contributed by atoms with van der Waals surface area (Å²) < 4.78 is 14.0. The van der Waals surface area contributed by atoms with E-state index < -0.39 is 11.4 Å². The van der Waals surface area contributed by atoms with E-state index in [-0.39, 0.29) is 5.56 Å². The largest absolute Gasteiger partial charge is 0.236 e. The molecule has 0 aliphatic rings. The summed E-state index contributed by atoms with van der Waals surface area (Å²) in [5.74, 6) is -0.582. The maximum Gasteiger partial charge on any atom is 0.236 e. The van der Waals surface area contributed by atoms with Gasteiger partial charge in [-0.3, -0.25) is 0 Å². The molecule has 0 saturated carbocycles. The van der Waals surface area contributed by atoms with Crippen LogP contribution in [0.15, 0.2) is 27.7 Å². The van der Waals surface area contributed by atoms with Crippen molar-refractivity contribution in [3.05, 3.63) is 34.1 Å². The fourth-order valence-electron chi connectivity index (χ4n) is 1.11. The summed E-state index contributed by atoms with van der Waals surface area (Å²) >= 11 is 3.15. The Bertz CT molecular complexity index is 477. The molecular weight excluding hydrogens is 263 g/mol. The molecule has 0 radical (unpaired) electrons. The smallest absolute Gasteiger partial charge is 0.211 e. The number of aliphatic imine (C=N–C) groups is 1. The third-order valence-corrected chi connectivity index (χ3v) is 2.43. The second-order valence-electron chi connectivity index (χ2n) is 3.01. The van der Waals surface area contributed by atoms with Crippen molar-refractivity contribution in [3.63, 3.8) is 0 Å². The quantitative estimate of drug-likeness (QED) is 0.612. The second-order valence-corrected chi connectivity index (χ2v) is 3.93. The minimum Gasteiger partial charge on any atom is -0.211 e. The lowest BCUT2D eigenvalue weighted by atomic mass is 9.94. The molecule has 1 aromatic rings. The minimum absolute atomic E-state index is 0.0442. The number of hydrogen-bond donors (Lipinski definition) is 0. The van der Waals surface area contributed by atoms with Crippen molar-refractivity contribution < 1.29 is 9.18 Å². The number of benzene rings is 1. The number of nitrogens with zero attached hydrogens (tertiary/aromatic N) is 2. The molecule has 15 heavy (non-hydrogen) atoms. The highest BCUT2D eigenvalue weighted by molar-refractivity contribution is 9.10. The second kappa shape index (κ2) is 4.35. The van der Waals surface area contributed by atoms with E-state index in [9.17, 15) is 9.18 Å². The van der Waals surface area contributed by atoms with Gasteiger partial charge in [-0.2, -0.15) is 10.3 Å². The van der Waals surface area contributed by atoms with Crippen molar-refractivity contribution in [1.82, 2.24) is 0 Å². The van der Waals surface area contributed by atoms with Crippen LogP contribution in [0.4, 0.5) is 4.39 Å². The zero-order chi connectivity index (χ0) is 11.5. The highest BCUT2D eigenvalue weighted by atomic mass is 79.9. The Morgan fingerprint density at radius 3 is 2.80 bits per heavy atom. The molecule has 3 nitrogen and oxygen atoms in total. The molecule has 76 valence electrons. The predicted molar refractivity (Wildman–Crippen MR) is 55.2 cm³/mol. The fraction of sp³-hybridized carbons (Fsp3) is 0.200. The van der Waals surface area contributed by atoms with Gasteiger partial charge in [0.1, 0.15) is 5.82 Å². The van der Waals surface area contributed by atoms with Crippen LogP contribution in [0.1, 0.15) is 12.5 Å². The van der Waals surface area contributed by atoms with Crippen molar-refractivity contribution in [2.24, 2.45) is 4.99 Å². The van der Waals surface area contributed by atoms with E-state index in [0.717, 1.165) is 0 Å². The van der Waals surface area contributed by atoms with Crippen LogP contribution in [0.5, 0.6) is 0 Å². The highest BCUT2D eigenvalue weighted by Gasteiger charge is 2.29. The number of carbonyl (C=O) groups excluding carboxylic acids is 1. The van der Waals surface area contributed by atoms with Gasteiger partial charge in [0.25, 0.3) is 0 Å². The van der Waals surface area contributed by atoms with Gasteiger partial charge in [0.15, 0.2) is 5.54 Å². The van der Waals surface area contributed by atoms with Crippen molar-refractivity contribution in [3.8, 4) is 6.07 Å². The molecule has 5 heteroatoms. The number of rotatable bonds is 2. The molecule has 0 aliphatic carbocycles. The SMILES string of the molecule is CC(C#N)(N=C=O)c1cc(Br)ccc1F. The van der Waals surface area contributed by atoms with Crippen LogP contribution in [-0.4, -0.2) is 6.08 Å². The first-order chi connectivity index (χ1) is 7.03. The lowest BCUT2D eigenvalue weighted by Gasteiger charge is -2.15. The zero-order valence-corrected chi connectivity index (χ0v) is 9.38. The topological polar surface area (TPSA) is 53.2 Å². The van der Waals surface area contributed by atoms with Crippen LogP contribution in [0, 0.1) is 17.1 Å². The van der Waals surface area contributed by atoms with Gasteiger partial charge in [0.05, 0.1) is 6.07 Å². The molecule has 1 aromatic carbocycles. The third-order valence-electron chi connectivity index (χ3n) is 1.94. The first-order valence-corrected chi connectivity index (χ1v) is 4.78. The van der Waals surface area contributed by atoms with Gasteiger partial charge in [-0.05, 0) is 25.1 Å². The Balaban J connectivity index is 3.43. The maximum atomic E-state index is 13.4. The lowest BCUT2D eigenvalue weighted by molar-refractivity contribution is 0.530. The number of nitriles is 1. The van der Waals surface area contributed by atoms with Gasteiger partial charge in [-0.1, -0.05) is 15.9 Å². The van der Waals surface area contributed by atoms with Crippen molar-refractivity contribution in [2.45, 2.75) is 12.5 Å². The molecular formula is C10H6BrFN2O. The van der Waals surface area contributed by atoms with Crippen LogP contribution < -0.4 is 0 Å².